The number of hydrogen-bond acceptors (Lipinski definition) is 4. The van der Waals surface area contributed by atoms with Crippen LogP contribution < -0.4 is 5.32 Å². The SMILES string of the molecule is O=C(CNC(=O)C(F)F)c1cnc(CC2(c3cccc(Cl)c3F)CCC2)nc1. The molecular weight excluding hydrogens is 395 g/mol. The van der Waals surface area contributed by atoms with Crippen molar-refractivity contribution >= 4 is 23.3 Å². The van der Waals surface area contributed by atoms with Crippen LogP contribution in [-0.2, 0) is 16.6 Å². The van der Waals surface area contributed by atoms with E-state index in [1.165, 1.54) is 18.5 Å². The average Bonchev–Trinajstić information content (AvgIpc) is 2.65. The molecule has 9 heteroatoms. The zero-order valence-electron chi connectivity index (χ0n) is 14.7. The summed E-state index contributed by atoms with van der Waals surface area (Å²) in [4.78, 5) is 31.1. The number of benzene rings is 1. The topological polar surface area (TPSA) is 72.0 Å². The Morgan fingerprint density at radius 1 is 1.21 bits per heavy atom. The highest BCUT2D eigenvalue weighted by molar-refractivity contribution is 6.30. The number of halogens is 4. The van der Waals surface area contributed by atoms with Crippen molar-refractivity contribution < 1.29 is 22.8 Å². The number of nitrogens with one attached hydrogen (secondary N) is 1. The molecule has 1 heterocycles. The average molecular weight is 412 g/mol. The molecule has 3 rings (SSSR count). The van der Waals surface area contributed by atoms with Crippen molar-refractivity contribution in [3.8, 4) is 0 Å². The van der Waals surface area contributed by atoms with Crippen LogP contribution in [0.25, 0.3) is 0 Å². The molecule has 2 aromatic rings. The summed E-state index contributed by atoms with van der Waals surface area (Å²) in [6.07, 6.45) is 2.26. The number of nitrogens with zero attached hydrogens (tertiary/aromatic N) is 2. The van der Waals surface area contributed by atoms with Gasteiger partial charge in [-0.1, -0.05) is 30.2 Å². The van der Waals surface area contributed by atoms with E-state index in [1.54, 1.807) is 12.1 Å². The molecule has 1 saturated carbocycles. The van der Waals surface area contributed by atoms with Crippen molar-refractivity contribution in [2.75, 3.05) is 6.54 Å². The first-order chi connectivity index (χ1) is 13.3. The van der Waals surface area contributed by atoms with Gasteiger partial charge in [0.2, 0.25) is 0 Å². The Morgan fingerprint density at radius 3 is 2.46 bits per heavy atom. The maximum atomic E-state index is 14.5. The van der Waals surface area contributed by atoms with Gasteiger partial charge in [-0.05, 0) is 24.5 Å². The molecular formula is C19H17ClF3N3O2. The van der Waals surface area contributed by atoms with Crippen LogP contribution in [0.5, 0.6) is 0 Å². The first kappa shape index (κ1) is 20.3. The number of amides is 1. The van der Waals surface area contributed by atoms with E-state index in [9.17, 15) is 22.8 Å². The molecule has 1 aliphatic carbocycles. The lowest BCUT2D eigenvalue weighted by molar-refractivity contribution is -0.131. The Balaban J connectivity index is 1.70. The van der Waals surface area contributed by atoms with Gasteiger partial charge in [0.1, 0.15) is 11.6 Å². The van der Waals surface area contributed by atoms with Gasteiger partial charge in [0.15, 0.2) is 5.78 Å². The van der Waals surface area contributed by atoms with Crippen molar-refractivity contribution in [3.63, 3.8) is 0 Å². The Kier molecular flexibility index (Phi) is 5.98. The molecule has 1 N–H and O–H groups in total. The van der Waals surface area contributed by atoms with Gasteiger partial charge >= 0.3 is 6.43 Å². The number of Topliss-reactive ketones (excluding diaryl/α,β-unsaturated/α-hetero) is 1. The highest BCUT2D eigenvalue weighted by Crippen LogP contribution is 2.47. The molecule has 148 valence electrons. The number of carbonyl (C=O) groups is 2. The molecule has 0 unspecified atom stereocenters. The second kappa shape index (κ2) is 8.26. The molecule has 1 aromatic carbocycles. The van der Waals surface area contributed by atoms with Crippen molar-refractivity contribution in [3.05, 3.63) is 58.4 Å². The van der Waals surface area contributed by atoms with Crippen molar-refractivity contribution in [1.82, 2.24) is 15.3 Å². The van der Waals surface area contributed by atoms with E-state index in [2.05, 4.69) is 9.97 Å². The second-order valence-corrected chi connectivity index (χ2v) is 7.15. The van der Waals surface area contributed by atoms with Crippen LogP contribution in [0.2, 0.25) is 5.02 Å². The molecule has 1 amide bonds. The first-order valence-electron chi connectivity index (χ1n) is 8.67. The van der Waals surface area contributed by atoms with Gasteiger partial charge in [0.05, 0.1) is 17.1 Å². The number of rotatable bonds is 7. The van der Waals surface area contributed by atoms with Gasteiger partial charge in [0, 0.05) is 24.2 Å². The number of hydrogen-bond donors (Lipinski definition) is 1. The van der Waals surface area contributed by atoms with Crippen LogP contribution in [0, 0.1) is 5.82 Å². The number of ketones is 1. The third-order valence-corrected chi connectivity index (χ3v) is 5.27. The Hall–Kier alpha value is -2.48. The largest absolute Gasteiger partial charge is 0.344 e. The van der Waals surface area contributed by atoms with E-state index in [-0.39, 0.29) is 10.6 Å². The zero-order chi connectivity index (χ0) is 20.3. The first-order valence-corrected chi connectivity index (χ1v) is 9.05. The van der Waals surface area contributed by atoms with E-state index < -0.39 is 35.9 Å². The fraction of sp³-hybridized carbons (Fsp3) is 0.368. The van der Waals surface area contributed by atoms with E-state index in [0.717, 1.165) is 19.3 Å². The molecule has 1 aromatic heterocycles. The van der Waals surface area contributed by atoms with Crippen LogP contribution >= 0.6 is 11.6 Å². The summed E-state index contributed by atoms with van der Waals surface area (Å²) in [5.41, 5.74) is 0.186. The molecule has 5 nitrogen and oxygen atoms in total. The van der Waals surface area contributed by atoms with E-state index in [4.69, 9.17) is 11.6 Å². The highest BCUT2D eigenvalue weighted by atomic mass is 35.5. The van der Waals surface area contributed by atoms with Crippen LogP contribution in [0.3, 0.4) is 0 Å². The molecule has 28 heavy (non-hydrogen) atoms. The quantitative estimate of drug-likeness (QED) is 0.708. The van der Waals surface area contributed by atoms with Crippen LogP contribution in [-0.4, -0.2) is 34.6 Å². The predicted octanol–water partition coefficient (Wildman–Crippen LogP) is 3.50. The summed E-state index contributed by atoms with van der Waals surface area (Å²) < 4.78 is 38.8. The predicted molar refractivity (Wildman–Crippen MR) is 96.0 cm³/mol. The minimum atomic E-state index is -3.18. The maximum Gasteiger partial charge on any atom is 0.315 e. The van der Waals surface area contributed by atoms with Crippen molar-refractivity contribution in [2.24, 2.45) is 0 Å². The van der Waals surface area contributed by atoms with Gasteiger partial charge in [-0.25, -0.2) is 14.4 Å². The van der Waals surface area contributed by atoms with Gasteiger partial charge in [0.25, 0.3) is 5.91 Å². The molecule has 0 spiro atoms. The molecule has 0 radical (unpaired) electrons. The molecule has 0 bridgehead atoms. The highest BCUT2D eigenvalue weighted by Gasteiger charge is 2.41. The Labute approximate surface area is 164 Å². The summed E-state index contributed by atoms with van der Waals surface area (Å²) in [5.74, 6) is -2.10. The minimum absolute atomic E-state index is 0.0662. The Morgan fingerprint density at radius 2 is 1.89 bits per heavy atom. The van der Waals surface area contributed by atoms with Gasteiger partial charge in [-0.2, -0.15) is 8.78 Å². The summed E-state index contributed by atoms with van der Waals surface area (Å²) in [6, 6.07) is 4.91. The van der Waals surface area contributed by atoms with Crippen LogP contribution in [0.1, 0.15) is 41.0 Å². The minimum Gasteiger partial charge on any atom is -0.344 e. The third kappa shape index (κ3) is 4.16. The third-order valence-electron chi connectivity index (χ3n) is 4.98. The fourth-order valence-electron chi connectivity index (χ4n) is 3.30. The fourth-order valence-corrected chi connectivity index (χ4v) is 3.47. The summed E-state index contributed by atoms with van der Waals surface area (Å²) in [6.45, 7) is -0.566. The van der Waals surface area contributed by atoms with E-state index in [0.29, 0.717) is 17.8 Å². The maximum absolute atomic E-state index is 14.5. The lowest BCUT2D eigenvalue weighted by Gasteiger charge is -2.42. The number of alkyl halides is 2. The summed E-state index contributed by atoms with van der Waals surface area (Å²) in [7, 11) is 0. The summed E-state index contributed by atoms with van der Waals surface area (Å²) >= 11 is 5.91. The molecule has 0 aliphatic heterocycles. The monoisotopic (exact) mass is 411 g/mol. The zero-order valence-corrected chi connectivity index (χ0v) is 15.5. The van der Waals surface area contributed by atoms with Crippen molar-refractivity contribution in [2.45, 2.75) is 37.5 Å². The Bertz CT molecular complexity index is 886. The lowest BCUT2D eigenvalue weighted by Crippen LogP contribution is -2.38. The lowest BCUT2D eigenvalue weighted by atomic mass is 9.62. The smallest absolute Gasteiger partial charge is 0.315 e. The van der Waals surface area contributed by atoms with Gasteiger partial charge < -0.3 is 5.32 Å². The molecule has 1 aliphatic rings. The van der Waals surface area contributed by atoms with Gasteiger partial charge in [-0.3, -0.25) is 9.59 Å². The number of carbonyl (C=O) groups excluding carboxylic acids is 2. The molecule has 1 fully saturated rings. The molecule has 0 atom stereocenters. The van der Waals surface area contributed by atoms with Gasteiger partial charge in [-0.15, -0.1) is 0 Å². The van der Waals surface area contributed by atoms with Crippen LogP contribution in [0.4, 0.5) is 13.2 Å². The standard InChI is InChI=1S/C19H17ClF3N3O2/c20-13-4-1-3-12(16(13)21)19(5-2-6-19)7-15-24-8-11(9-25-15)14(27)10-26-18(28)17(22)23/h1,3-4,8-9,17H,2,5-7,10H2,(H,26,28). The van der Waals surface area contributed by atoms with Crippen molar-refractivity contribution in [1.29, 1.82) is 0 Å². The van der Waals surface area contributed by atoms with E-state index >= 15 is 0 Å². The second-order valence-electron chi connectivity index (χ2n) is 6.74. The van der Waals surface area contributed by atoms with Crippen LogP contribution in [0.15, 0.2) is 30.6 Å². The van der Waals surface area contributed by atoms with E-state index in [1.807, 2.05) is 5.32 Å². The summed E-state index contributed by atoms with van der Waals surface area (Å²) in [5, 5.41) is 1.90. The normalized spacial score (nSPS) is 15.2. The molecule has 0 saturated heterocycles. The number of aromatic nitrogens is 2.